The Morgan fingerprint density at radius 1 is 1.38 bits per heavy atom. The van der Waals surface area contributed by atoms with Crippen molar-refractivity contribution in [2.75, 3.05) is 5.32 Å². The number of nitrogens with one attached hydrogen (secondary N) is 2. The summed E-state index contributed by atoms with van der Waals surface area (Å²) in [5, 5.41) is 13.4. The van der Waals surface area contributed by atoms with Crippen LogP contribution in [0, 0.1) is 5.82 Å². The lowest BCUT2D eigenvalue weighted by atomic mass is 10.1. The van der Waals surface area contributed by atoms with Crippen LogP contribution in [0.3, 0.4) is 0 Å². The molecule has 1 atom stereocenters. The molecule has 0 heterocycles. The zero-order valence-corrected chi connectivity index (χ0v) is 12.3. The minimum atomic E-state index is -1.30. The van der Waals surface area contributed by atoms with Crippen LogP contribution in [0.5, 0.6) is 0 Å². The Morgan fingerprint density at radius 3 is 2.57 bits per heavy atom. The number of hydrogen-bond donors (Lipinski definition) is 4. The zero-order valence-electron chi connectivity index (χ0n) is 10.7. The first-order valence-electron chi connectivity index (χ1n) is 5.83. The maximum Gasteiger partial charge on any atom is 0.326 e. The summed E-state index contributed by atoms with van der Waals surface area (Å²) < 4.78 is 13.5. The van der Waals surface area contributed by atoms with Crippen LogP contribution in [-0.2, 0) is 9.59 Å². The molecule has 1 aromatic carbocycles. The van der Waals surface area contributed by atoms with Gasteiger partial charge in [0.1, 0.15) is 11.9 Å². The van der Waals surface area contributed by atoms with Gasteiger partial charge >= 0.3 is 12.0 Å². The Hall–Kier alpha value is -2.16. The van der Waals surface area contributed by atoms with Crippen LogP contribution in [0.15, 0.2) is 22.7 Å². The number of amides is 3. The van der Waals surface area contributed by atoms with E-state index >= 15 is 0 Å². The minimum Gasteiger partial charge on any atom is -0.480 e. The van der Waals surface area contributed by atoms with Gasteiger partial charge in [-0.25, -0.2) is 14.0 Å². The molecule has 0 aliphatic rings. The Bertz CT molecular complexity index is 567. The van der Waals surface area contributed by atoms with Gasteiger partial charge in [-0.3, -0.25) is 4.79 Å². The number of urea groups is 1. The van der Waals surface area contributed by atoms with Crippen molar-refractivity contribution in [2.24, 2.45) is 5.73 Å². The number of carbonyl (C=O) groups is 3. The summed E-state index contributed by atoms with van der Waals surface area (Å²) in [6.07, 6.45) is -0.309. The highest BCUT2D eigenvalue weighted by molar-refractivity contribution is 9.10. The zero-order chi connectivity index (χ0) is 16.0. The van der Waals surface area contributed by atoms with Gasteiger partial charge in [0, 0.05) is 12.1 Å². The number of halogens is 2. The topological polar surface area (TPSA) is 122 Å². The molecule has 0 radical (unpaired) electrons. The van der Waals surface area contributed by atoms with Gasteiger partial charge in [0.25, 0.3) is 0 Å². The Balaban J connectivity index is 2.62. The Kier molecular flexibility index (Phi) is 6.10. The SMILES string of the molecule is NC(=O)CC[C@H](NC(=O)Nc1ccc(Br)c(F)c1)C(=O)O. The third-order valence-corrected chi connectivity index (χ3v) is 3.10. The number of rotatable bonds is 6. The van der Waals surface area contributed by atoms with Crippen LogP contribution in [0.4, 0.5) is 14.9 Å². The molecule has 9 heteroatoms. The van der Waals surface area contributed by atoms with Crippen LogP contribution in [0.25, 0.3) is 0 Å². The van der Waals surface area contributed by atoms with Crippen molar-refractivity contribution in [3.8, 4) is 0 Å². The molecule has 1 rings (SSSR count). The molecule has 3 amide bonds. The van der Waals surface area contributed by atoms with Gasteiger partial charge in [0.2, 0.25) is 5.91 Å². The highest BCUT2D eigenvalue weighted by Gasteiger charge is 2.20. The molecule has 0 fully saturated rings. The normalized spacial score (nSPS) is 11.5. The first-order chi connectivity index (χ1) is 9.79. The summed E-state index contributed by atoms with van der Waals surface area (Å²) in [7, 11) is 0. The largest absolute Gasteiger partial charge is 0.480 e. The lowest BCUT2D eigenvalue weighted by Crippen LogP contribution is -2.43. The van der Waals surface area contributed by atoms with Crippen molar-refractivity contribution in [2.45, 2.75) is 18.9 Å². The molecule has 7 nitrogen and oxygen atoms in total. The van der Waals surface area contributed by atoms with Crippen molar-refractivity contribution in [3.05, 3.63) is 28.5 Å². The fraction of sp³-hybridized carbons (Fsp3) is 0.250. The molecule has 0 saturated carbocycles. The lowest BCUT2D eigenvalue weighted by Gasteiger charge is -2.14. The molecule has 0 aliphatic carbocycles. The first kappa shape index (κ1) is 16.9. The number of carbonyl (C=O) groups excluding carboxylic acids is 2. The van der Waals surface area contributed by atoms with E-state index in [1.165, 1.54) is 12.1 Å². The van der Waals surface area contributed by atoms with Gasteiger partial charge in [-0.15, -0.1) is 0 Å². The van der Waals surface area contributed by atoms with Crippen LogP contribution in [0.1, 0.15) is 12.8 Å². The molecule has 0 saturated heterocycles. The van der Waals surface area contributed by atoms with E-state index in [4.69, 9.17) is 10.8 Å². The van der Waals surface area contributed by atoms with Gasteiger partial charge < -0.3 is 21.5 Å². The van der Waals surface area contributed by atoms with E-state index in [2.05, 4.69) is 26.6 Å². The van der Waals surface area contributed by atoms with Gasteiger partial charge in [0.15, 0.2) is 0 Å². The summed E-state index contributed by atoms with van der Waals surface area (Å²) in [6.45, 7) is 0. The van der Waals surface area contributed by atoms with Gasteiger partial charge in [-0.05, 0) is 40.5 Å². The molecule has 5 N–H and O–H groups in total. The molecule has 0 unspecified atom stereocenters. The summed E-state index contributed by atoms with van der Waals surface area (Å²) >= 11 is 2.96. The van der Waals surface area contributed by atoms with Gasteiger partial charge in [-0.2, -0.15) is 0 Å². The number of anilines is 1. The predicted octanol–water partition coefficient (Wildman–Crippen LogP) is 1.43. The molecule has 1 aromatic rings. The number of hydrogen-bond acceptors (Lipinski definition) is 3. The van der Waals surface area contributed by atoms with E-state index in [0.29, 0.717) is 0 Å². The second kappa shape index (κ2) is 7.58. The summed E-state index contributed by atoms with van der Waals surface area (Å²) in [5.41, 5.74) is 5.08. The number of benzene rings is 1. The maximum atomic E-state index is 13.3. The number of primary amides is 1. The lowest BCUT2D eigenvalue weighted by molar-refractivity contribution is -0.139. The van der Waals surface area contributed by atoms with E-state index in [1.807, 2.05) is 0 Å². The van der Waals surface area contributed by atoms with E-state index in [-0.39, 0.29) is 23.0 Å². The average Bonchev–Trinajstić information content (AvgIpc) is 2.38. The quantitative estimate of drug-likeness (QED) is 0.612. The predicted molar refractivity (Wildman–Crippen MR) is 76.1 cm³/mol. The minimum absolute atomic E-state index is 0.132. The molecule has 0 aromatic heterocycles. The van der Waals surface area contributed by atoms with Gasteiger partial charge in [0.05, 0.1) is 4.47 Å². The fourth-order valence-electron chi connectivity index (χ4n) is 1.44. The number of nitrogens with two attached hydrogens (primary N) is 1. The highest BCUT2D eigenvalue weighted by Crippen LogP contribution is 2.19. The smallest absolute Gasteiger partial charge is 0.326 e. The van der Waals surface area contributed by atoms with E-state index in [1.54, 1.807) is 0 Å². The van der Waals surface area contributed by atoms with Gasteiger partial charge in [-0.1, -0.05) is 0 Å². The van der Waals surface area contributed by atoms with E-state index < -0.39 is 29.8 Å². The number of carboxylic acids is 1. The van der Waals surface area contributed by atoms with Crippen molar-refractivity contribution < 1.29 is 23.9 Å². The third-order valence-electron chi connectivity index (χ3n) is 2.46. The van der Waals surface area contributed by atoms with E-state index in [0.717, 1.165) is 6.07 Å². The van der Waals surface area contributed by atoms with Crippen LogP contribution < -0.4 is 16.4 Å². The maximum absolute atomic E-state index is 13.3. The fourth-order valence-corrected chi connectivity index (χ4v) is 1.69. The van der Waals surface area contributed by atoms with Crippen molar-refractivity contribution in [1.82, 2.24) is 5.32 Å². The molecular weight excluding hydrogens is 349 g/mol. The standard InChI is InChI=1S/C12H13BrFN3O4/c13-7-2-1-6(5-8(7)14)16-12(21)17-9(11(19)20)3-4-10(15)18/h1-2,5,9H,3-4H2,(H2,15,18)(H,19,20)(H2,16,17,21)/t9-/m0/s1. The molecule has 0 aliphatic heterocycles. The van der Waals surface area contributed by atoms with Crippen LogP contribution in [-0.4, -0.2) is 29.1 Å². The molecule has 114 valence electrons. The molecule has 21 heavy (non-hydrogen) atoms. The third kappa shape index (κ3) is 5.78. The highest BCUT2D eigenvalue weighted by atomic mass is 79.9. The second-order valence-corrected chi connectivity index (χ2v) is 4.98. The Labute approximate surface area is 127 Å². The number of aliphatic carboxylic acids is 1. The number of carboxylic acid groups (broad SMARTS) is 1. The average molecular weight is 362 g/mol. The van der Waals surface area contributed by atoms with Crippen molar-refractivity contribution in [1.29, 1.82) is 0 Å². The summed E-state index contributed by atoms with van der Waals surface area (Å²) in [5.74, 6) is -2.54. The van der Waals surface area contributed by atoms with Crippen LogP contribution >= 0.6 is 15.9 Å². The molecule has 0 spiro atoms. The van der Waals surface area contributed by atoms with Crippen molar-refractivity contribution >= 4 is 39.5 Å². The second-order valence-electron chi connectivity index (χ2n) is 4.12. The summed E-state index contributed by atoms with van der Waals surface area (Å²) in [6, 6.07) is 1.81. The Morgan fingerprint density at radius 2 is 2.05 bits per heavy atom. The summed E-state index contributed by atoms with van der Waals surface area (Å²) in [4.78, 5) is 33.2. The monoisotopic (exact) mass is 361 g/mol. The van der Waals surface area contributed by atoms with Crippen LogP contribution in [0.2, 0.25) is 0 Å². The molecule has 0 bridgehead atoms. The first-order valence-corrected chi connectivity index (χ1v) is 6.62. The molecular formula is C12H13BrFN3O4. The van der Waals surface area contributed by atoms with Crippen molar-refractivity contribution in [3.63, 3.8) is 0 Å². The van der Waals surface area contributed by atoms with E-state index in [9.17, 15) is 18.8 Å².